The predicted molar refractivity (Wildman–Crippen MR) is 282 cm³/mol. The van der Waals surface area contributed by atoms with Gasteiger partial charge in [0.1, 0.15) is 0 Å². The van der Waals surface area contributed by atoms with E-state index in [1.165, 1.54) is 231 Å². The summed E-state index contributed by atoms with van der Waals surface area (Å²) in [7, 11) is 0. The summed E-state index contributed by atoms with van der Waals surface area (Å²) in [6.07, 6.45) is 71.6. The van der Waals surface area contributed by atoms with E-state index in [0.717, 1.165) is 38.5 Å². The highest BCUT2D eigenvalue weighted by Crippen LogP contribution is 2.17. The van der Waals surface area contributed by atoms with Crippen LogP contribution in [0.2, 0.25) is 0 Å². The van der Waals surface area contributed by atoms with Gasteiger partial charge in [0, 0.05) is 0 Å². The van der Waals surface area contributed by atoms with Gasteiger partial charge in [-0.05, 0) is 70.6 Å². The Morgan fingerprint density at radius 2 is 0.672 bits per heavy atom. The Bertz CT molecular complexity index is 1040. The number of hydrogen-bond donors (Lipinski definition) is 4. The molecule has 0 spiro atoms. The van der Waals surface area contributed by atoms with Crippen molar-refractivity contribution in [1.29, 1.82) is 0 Å². The van der Waals surface area contributed by atoms with Crippen LogP contribution in [0.15, 0.2) is 48.6 Å². The molecule has 0 heterocycles. The lowest BCUT2D eigenvalue weighted by Gasteiger charge is -2.21. The zero-order valence-electron chi connectivity index (χ0n) is 42.9. The lowest BCUT2D eigenvalue weighted by molar-refractivity contribution is -0.124. The fourth-order valence-corrected chi connectivity index (χ4v) is 8.72. The minimum Gasteiger partial charge on any atom is -0.394 e. The van der Waals surface area contributed by atoms with E-state index in [1.54, 1.807) is 6.08 Å². The zero-order chi connectivity index (χ0) is 46.5. The minimum atomic E-state index is -0.961. The summed E-state index contributed by atoms with van der Waals surface area (Å²) in [6.45, 7) is 4.22. The lowest BCUT2D eigenvalue weighted by atomic mass is 10.0. The van der Waals surface area contributed by atoms with Crippen LogP contribution in [0.25, 0.3) is 0 Å². The average Bonchev–Trinajstić information content (AvgIpc) is 3.29. The molecule has 0 aromatic heterocycles. The molecule has 0 aliphatic heterocycles. The van der Waals surface area contributed by atoms with E-state index < -0.39 is 18.2 Å². The van der Waals surface area contributed by atoms with E-state index in [2.05, 4.69) is 55.6 Å². The van der Waals surface area contributed by atoms with Crippen LogP contribution in [0.1, 0.15) is 296 Å². The standard InChI is InChI=1S/C59H111NO4/c1-3-5-7-9-11-13-15-17-19-21-23-24-25-26-27-28-29-30-31-32-33-35-36-38-40-42-44-46-48-50-52-56(62)54-59(64)60-57(55-61)58(63)53-51-49-47-45-43-41-39-37-34-22-20-18-16-14-12-10-8-6-4-2/h26-27,34,37,43,45,51,53,56-58,61-63H,3-25,28-33,35-36,38-42,44,46-50,52,54-55H2,1-2H3,(H,60,64)/b27-26-,37-34+,45-43+,53-51+. The lowest BCUT2D eigenvalue weighted by Crippen LogP contribution is -2.45. The first kappa shape index (κ1) is 62.3. The van der Waals surface area contributed by atoms with E-state index in [0.29, 0.717) is 6.42 Å². The fraction of sp³-hybridized carbons (Fsp3) is 0.847. The van der Waals surface area contributed by atoms with Gasteiger partial charge in [0.2, 0.25) is 5.91 Å². The van der Waals surface area contributed by atoms with Crippen molar-refractivity contribution in [3.63, 3.8) is 0 Å². The molecule has 1 amide bonds. The minimum absolute atomic E-state index is 0.00306. The average molecular weight is 899 g/mol. The molecule has 0 saturated carbocycles. The second-order valence-corrected chi connectivity index (χ2v) is 19.5. The normalized spacial score (nSPS) is 13.6. The maximum Gasteiger partial charge on any atom is 0.222 e. The van der Waals surface area contributed by atoms with Gasteiger partial charge in [0.15, 0.2) is 0 Å². The SMILES string of the molecule is CCCCCCCCCCC/C=C/CC/C=C/CC/C=C/C(O)C(CO)NC(=O)CC(O)CCCCCCCCCCCCCCCC/C=C\CCCCCCCCCCCCCC. The van der Waals surface area contributed by atoms with Crippen LogP contribution < -0.4 is 5.32 Å². The number of aliphatic hydroxyl groups excluding tert-OH is 3. The molecule has 5 heteroatoms. The largest absolute Gasteiger partial charge is 0.394 e. The van der Waals surface area contributed by atoms with Crippen LogP contribution in [-0.4, -0.2) is 46.1 Å². The van der Waals surface area contributed by atoms with Crippen molar-refractivity contribution < 1.29 is 20.1 Å². The molecular formula is C59H111NO4. The topological polar surface area (TPSA) is 89.8 Å². The number of allylic oxidation sites excluding steroid dienone is 7. The molecule has 0 saturated heterocycles. The van der Waals surface area contributed by atoms with E-state index in [1.807, 2.05) is 6.08 Å². The maximum absolute atomic E-state index is 12.5. The van der Waals surface area contributed by atoms with Gasteiger partial charge in [-0.15, -0.1) is 0 Å². The van der Waals surface area contributed by atoms with Crippen LogP contribution in [0.3, 0.4) is 0 Å². The molecule has 4 N–H and O–H groups in total. The molecule has 0 aromatic rings. The highest BCUT2D eigenvalue weighted by Gasteiger charge is 2.20. The van der Waals surface area contributed by atoms with Gasteiger partial charge in [-0.3, -0.25) is 4.79 Å². The first-order valence-electron chi connectivity index (χ1n) is 28.4. The highest BCUT2D eigenvalue weighted by molar-refractivity contribution is 5.76. The monoisotopic (exact) mass is 898 g/mol. The van der Waals surface area contributed by atoms with Crippen molar-refractivity contribution in [3.8, 4) is 0 Å². The summed E-state index contributed by atoms with van der Waals surface area (Å²) in [5.41, 5.74) is 0. The fourth-order valence-electron chi connectivity index (χ4n) is 8.72. The predicted octanol–water partition coefficient (Wildman–Crippen LogP) is 17.6. The Labute approximate surface area is 399 Å². The second kappa shape index (κ2) is 53.9. The van der Waals surface area contributed by atoms with Crippen LogP contribution >= 0.6 is 0 Å². The van der Waals surface area contributed by atoms with Gasteiger partial charge < -0.3 is 20.6 Å². The first-order valence-corrected chi connectivity index (χ1v) is 28.4. The van der Waals surface area contributed by atoms with Gasteiger partial charge in [-0.1, -0.05) is 268 Å². The van der Waals surface area contributed by atoms with Crippen LogP contribution in [0, 0.1) is 0 Å². The summed E-state index contributed by atoms with van der Waals surface area (Å²) >= 11 is 0. The highest BCUT2D eigenvalue weighted by atomic mass is 16.3. The molecule has 0 aromatic carbocycles. The molecule has 64 heavy (non-hydrogen) atoms. The zero-order valence-corrected chi connectivity index (χ0v) is 42.9. The number of nitrogens with one attached hydrogen (secondary N) is 1. The van der Waals surface area contributed by atoms with Gasteiger partial charge in [-0.25, -0.2) is 0 Å². The Morgan fingerprint density at radius 3 is 1.00 bits per heavy atom. The molecule has 5 nitrogen and oxygen atoms in total. The molecule has 0 radical (unpaired) electrons. The van der Waals surface area contributed by atoms with Crippen molar-refractivity contribution in [3.05, 3.63) is 48.6 Å². The van der Waals surface area contributed by atoms with E-state index >= 15 is 0 Å². The van der Waals surface area contributed by atoms with Crippen molar-refractivity contribution in [2.24, 2.45) is 0 Å². The molecular weight excluding hydrogens is 787 g/mol. The number of carbonyl (C=O) groups is 1. The Hall–Kier alpha value is -1.69. The van der Waals surface area contributed by atoms with Crippen LogP contribution in [0.5, 0.6) is 0 Å². The summed E-state index contributed by atoms with van der Waals surface area (Å²) in [5.74, 6) is -0.327. The van der Waals surface area contributed by atoms with E-state index in [4.69, 9.17) is 0 Å². The van der Waals surface area contributed by atoms with E-state index in [-0.39, 0.29) is 18.9 Å². The number of unbranched alkanes of at least 4 members (excludes halogenated alkanes) is 37. The first-order chi connectivity index (χ1) is 31.5. The molecule has 376 valence electrons. The van der Waals surface area contributed by atoms with Crippen molar-refractivity contribution >= 4 is 5.91 Å². The third-order valence-corrected chi connectivity index (χ3v) is 13.1. The molecule has 0 aliphatic carbocycles. The summed E-state index contributed by atoms with van der Waals surface area (Å²) < 4.78 is 0. The number of amides is 1. The Kier molecular flexibility index (Phi) is 52.5. The summed E-state index contributed by atoms with van der Waals surface area (Å²) in [4.78, 5) is 12.5. The van der Waals surface area contributed by atoms with Crippen molar-refractivity contribution in [2.75, 3.05) is 6.61 Å². The third kappa shape index (κ3) is 49.7. The van der Waals surface area contributed by atoms with Crippen LogP contribution in [-0.2, 0) is 4.79 Å². The summed E-state index contributed by atoms with van der Waals surface area (Å²) in [5, 5.41) is 33.4. The van der Waals surface area contributed by atoms with Gasteiger partial charge in [-0.2, -0.15) is 0 Å². The third-order valence-electron chi connectivity index (χ3n) is 13.1. The van der Waals surface area contributed by atoms with Gasteiger partial charge in [0.05, 0.1) is 31.3 Å². The number of carbonyl (C=O) groups excluding carboxylic acids is 1. The molecule has 3 atom stereocenters. The molecule has 0 fully saturated rings. The Morgan fingerprint density at radius 1 is 0.391 bits per heavy atom. The maximum atomic E-state index is 12.5. The smallest absolute Gasteiger partial charge is 0.222 e. The molecule has 0 bridgehead atoms. The van der Waals surface area contributed by atoms with Crippen molar-refractivity contribution in [2.45, 2.75) is 315 Å². The molecule has 0 rings (SSSR count). The second-order valence-electron chi connectivity index (χ2n) is 19.5. The quantitative estimate of drug-likeness (QED) is 0.0362. The van der Waals surface area contributed by atoms with E-state index in [9.17, 15) is 20.1 Å². The Balaban J connectivity index is 3.59. The van der Waals surface area contributed by atoms with Crippen molar-refractivity contribution in [1.82, 2.24) is 5.32 Å². The molecule has 0 aliphatic rings. The summed E-state index contributed by atoms with van der Waals surface area (Å²) in [6, 6.07) is -0.769. The molecule has 3 unspecified atom stereocenters. The number of rotatable bonds is 52. The van der Waals surface area contributed by atoms with Crippen LogP contribution in [0.4, 0.5) is 0 Å². The van der Waals surface area contributed by atoms with Gasteiger partial charge >= 0.3 is 0 Å². The van der Waals surface area contributed by atoms with Gasteiger partial charge in [0.25, 0.3) is 0 Å². The number of aliphatic hydroxyl groups is 3. The number of hydrogen-bond acceptors (Lipinski definition) is 4.